The second-order valence-electron chi connectivity index (χ2n) is 7.73. The lowest BCUT2D eigenvalue weighted by molar-refractivity contribution is 0.0955. The number of hydrogen-bond acceptors (Lipinski definition) is 4. The molecule has 0 bridgehead atoms. The molecule has 1 N–H and O–H groups in total. The Hall–Kier alpha value is -2.18. The van der Waals surface area contributed by atoms with E-state index in [0.717, 1.165) is 32.9 Å². The normalized spacial score (nSPS) is 15.6. The van der Waals surface area contributed by atoms with Gasteiger partial charge < -0.3 is 5.32 Å². The van der Waals surface area contributed by atoms with Crippen molar-refractivity contribution in [2.24, 2.45) is 7.05 Å². The van der Waals surface area contributed by atoms with Crippen LogP contribution in [0.2, 0.25) is 0 Å². The minimum atomic E-state index is -0.0192. The fourth-order valence-electron chi connectivity index (χ4n) is 3.90. The Morgan fingerprint density at radius 3 is 2.46 bits per heavy atom. The van der Waals surface area contributed by atoms with Gasteiger partial charge in [0, 0.05) is 25.5 Å². The molecule has 2 aromatic heterocycles. The summed E-state index contributed by atoms with van der Waals surface area (Å²) in [7, 11) is 1.92. The second-order valence-corrected chi connectivity index (χ2v) is 8.76. The van der Waals surface area contributed by atoms with Crippen molar-refractivity contribution in [3.63, 3.8) is 0 Å². The Morgan fingerprint density at radius 2 is 1.79 bits per heavy atom. The highest BCUT2D eigenvalue weighted by Crippen LogP contribution is 2.27. The van der Waals surface area contributed by atoms with Gasteiger partial charge in [0.25, 0.3) is 5.91 Å². The summed E-state index contributed by atoms with van der Waals surface area (Å²) >= 11 is 1.49. The van der Waals surface area contributed by atoms with Crippen molar-refractivity contribution >= 4 is 27.5 Å². The van der Waals surface area contributed by atoms with Gasteiger partial charge >= 0.3 is 0 Å². The third-order valence-electron chi connectivity index (χ3n) is 5.50. The molecule has 1 aliphatic rings. The average molecular weight is 397 g/mol. The van der Waals surface area contributed by atoms with Gasteiger partial charge in [0.1, 0.15) is 4.83 Å². The molecule has 28 heavy (non-hydrogen) atoms. The number of rotatable bonds is 5. The molecule has 0 spiro atoms. The van der Waals surface area contributed by atoms with Gasteiger partial charge in [0.05, 0.1) is 10.6 Å². The van der Waals surface area contributed by atoms with E-state index >= 15 is 0 Å². The molecule has 3 heterocycles. The minimum absolute atomic E-state index is 0.0192. The van der Waals surface area contributed by atoms with Gasteiger partial charge in [0.15, 0.2) is 0 Å². The molecule has 1 fully saturated rings. The molecule has 1 saturated heterocycles. The fourth-order valence-corrected chi connectivity index (χ4v) is 4.94. The van der Waals surface area contributed by atoms with Gasteiger partial charge in [-0.1, -0.05) is 37.1 Å². The van der Waals surface area contributed by atoms with Crippen molar-refractivity contribution in [2.45, 2.75) is 45.7 Å². The summed E-state index contributed by atoms with van der Waals surface area (Å²) in [6.45, 7) is 5.98. The molecular weight excluding hydrogens is 368 g/mol. The number of carbonyl (C=O) groups is 1. The highest BCUT2D eigenvalue weighted by Gasteiger charge is 2.15. The maximum absolute atomic E-state index is 12.5. The van der Waals surface area contributed by atoms with Crippen LogP contribution in [0.15, 0.2) is 30.3 Å². The molecule has 0 radical (unpaired) electrons. The molecule has 0 saturated carbocycles. The van der Waals surface area contributed by atoms with E-state index in [4.69, 9.17) is 0 Å². The number of likely N-dealkylation sites (tertiary alicyclic amines) is 1. The van der Waals surface area contributed by atoms with Gasteiger partial charge in [-0.25, -0.2) is 0 Å². The lowest BCUT2D eigenvalue weighted by Gasteiger charge is -2.19. The zero-order valence-corrected chi connectivity index (χ0v) is 17.5. The topological polar surface area (TPSA) is 50.2 Å². The van der Waals surface area contributed by atoms with Crippen molar-refractivity contribution in [3.8, 4) is 0 Å². The summed E-state index contributed by atoms with van der Waals surface area (Å²) in [6, 6.07) is 10.6. The predicted molar refractivity (Wildman–Crippen MR) is 115 cm³/mol. The molecule has 0 unspecified atom stereocenters. The van der Waals surface area contributed by atoms with Crippen molar-refractivity contribution in [3.05, 3.63) is 52.0 Å². The van der Waals surface area contributed by atoms with Crippen LogP contribution in [-0.4, -0.2) is 33.7 Å². The molecule has 6 heteroatoms. The zero-order chi connectivity index (χ0) is 19.5. The molecule has 0 atom stereocenters. The lowest BCUT2D eigenvalue weighted by atomic mass is 10.1. The molecule has 0 aliphatic carbocycles. The number of nitrogens with one attached hydrogen (secondary N) is 1. The first kappa shape index (κ1) is 19.2. The van der Waals surface area contributed by atoms with E-state index in [1.165, 1.54) is 55.7 Å². The number of carbonyl (C=O) groups excluding carboxylic acids is 1. The van der Waals surface area contributed by atoms with Gasteiger partial charge in [-0.15, -0.1) is 11.3 Å². The predicted octanol–water partition coefficient (Wildman–Crippen LogP) is 4.25. The number of hydrogen-bond donors (Lipinski definition) is 1. The van der Waals surface area contributed by atoms with Crippen LogP contribution in [0.5, 0.6) is 0 Å². The van der Waals surface area contributed by atoms with Crippen LogP contribution in [0.4, 0.5) is 0 Å². The van der Waals surface area contributed by atoms with E-state index in [1.54, 1.807) is 0 Å². The van der Waals surface area contributed by atoms with E-state index < -0.39 is 0 Å². The summed E-state index contributed by atoms with van der Waals surface area (Å²) in [5.74, 6) is -0.0192. The van der Waals surface area contributed by atoms with Gasteiger partial charge in [-0.2, -0.15) is 5.10 Å². The van der Waals surface area contributed by atoms with Crippen molar-refractivity contribution in [2.75, 3.05) is 13.1 Å². The van der Waals surface area contributed by atoms with Crippen LogP contribution >= 0.6 is 11.3 Å². The third kappa shape index (κ3) is 4.28. The summed E-state index contributed by atoms with van der Waals surface area (Å²) in [5, 5.41) is 8.50. The maximum Gasteiger partial charge on any atom is 0.261 e. The van der Waals surface area contributed by atoms with Crippen molar-refractivity contribution in [1.82, 2.24) is 20.0 Å². The summed E-state index contributed by atoms with van der Waals surface area (Å²) in [4.78, 5) is 16.9. The largest absolute Gasteiger partial charge is 0.347 e. The Morgan fingerprint density at radius 1 is 1.11 bits per heavy atom. The number of thiophene rings is 1. The number of nitrogens with zero attached hydrogens (tertiary/aromatic N) is 3. The monoisotopic (exact) mass is 396 g/mol. The van der Waals surface area contributed by atoms with Gasteiger partial charge in [-0.3, -0.25) is 14.4 Å². The lowest BCUT2D eigenvalue weighted by Crippen LogP contribution is -2.24. The highest BCUT2D eigenvalue weighted by atomic mass is 32.1. The van der Waals surface area contributed by atoms with Crippen LogP contribution in [0.25, 0.3) is 10.2 Å². The Balaban J connectivity index is 1.33. The zero-order valence-electron chi connectivity index (χ0n) is 16.7. The fraction of sp³-hybridized carbons (Fsp3) is 0.455. The molecular formula is C22H28N4OS. The van der Waals surface area contributed by atoms with E-state index in [-0.39, 0.29) is 5.91 Å². The number of benzene rings is 1. The highest BCUT2D eigenvalue weighted by molar-refractivity contribution is 7.20. The van der Waals surface area contributed by atoms with E-state index in [1.807, 2.05) is 24.7 Å². The molecule has 148 valence electrons. The first-order valence-electron chi connectivity index (χ1n) is 10.1. The Labute approximate surface area is 170 Å². The third-order valence-corrected chi connectivity index (χ3v) is 6.70. The number of aromatic nitrogens is 2. The summed E-state index contributed by atoms with van der Waals surface area (Å²) in [5.41, 5.74) is 3.45. The van der Waals surface area contributed by atoms with E-state index in [2.05, 4.69) is 39.6 Å². The molecule has 1 aromatic carbocycles. The molecule has 1 aliphatic heterocycles. The van der Waals surface area contributed by atoms with Gasteiger partial charge in [-0.05, 0) is 50.0 Å². The van der Waals surface area contributed by atoms with Crippen LogP contribution in [0.1, 0.15) is 52.2 Å². The minimum Gasteiger partial charge on any atom is -0.347 e. The van der Waals surface area contributed by atoms with Crippen molar-refractivity contribution < 1.29 is 4.79 Å². The Kier molecular flexibility index (Phi) is 5.78. The van der Waals surface area contributed by atoms with Crippen molar-refractivity contribution in [1.29, 1.82) is 0 Å². The molecule has 3 aromatic rings. The smallest absolute Gasteiger partial charge is 0.261 e. The SMILES string of the molecule is Cc1nn(C)c2sc(C(=O)NCc3ccc(CN4CCCCCC4)cc3)cc12. The van der Waals surface area contributed by atoms with E-state index in [9.17, 15) is 4.79 Å². The quantitative estimate of drug-likeness (QED) is 0.701. The van der Waals surface area contributed by atoms with Crippen LogP contribution in [0, 0.1) is 6.92 Å². The van der Waals surface area contributed by atoms with Crippen LogP contribution in [-0.2, 0) is 20.1 Å². The number of aryl methyl sites for hydroxylation is 2. The number of amides is 1. The summed E-state index contributed by atoms with van der Waals surface area (Å²) in [6.07, 6.45) is 5.37. The second kappa shape index (κ2) is 8.45. The molecule has 5 nitrogen and oxygen atoms in total. The van der Waals surface area contributed by atoms with Crippen LogP contribution < -0.4 is 5.32 Å². The first-order chi connectivity index (χ1) is 13.6. The maximum atomic E-state index is 12.5. The van der Waals surface area contributed by atoms with E-state index in [0.29, 0.717) is 6.54 Å². The molecule has 4 rings (SSSR count). The number of fused-ring (bicyclic) bond motifs is 1. The van der Waals surface area contributed by atoms with Crippen LogP contribution in [0.3, 0.4) is 0 Å². The summed E-state index contributed by atoms with van der Waals surface area (Å²) < 4.78 is 1.84. The molecule has 1 amide bonds. The first-order valence-corrected chi connectivity index (χ1v) is 10.9. The standard InChI is InChI=1S/C22H28N4OS/c1-16-19-13-20(28-22(19)25(2)24-16)21(27)23-14-17-7-9-18(10-8-17)15-26-11-5-3-4-6-12-26/h7-10,13H,3-6,11-12,14-15H2,1-2H3,(H,23,27). The Bertz CT molecular complexity index is 914. The average Bonchev–Trinajstić information content (AvgIpc) is 3.13. The van der Waals surface area contributed by atoms with Gasteiger partial charge in [0.2, 0.25) is 0 Å².